The highest BCUT2D eigenvalue weighted by Crippen LogP contribution is 2.42. The van der Waals surface area contributed by atoms with E-state index in [4.69, 9.17) is 17.3 Å². The second-order valence-electron chi connectivity index (χ2n) is 5.58. The number of rotatable bonds is 3. The summed E-state index contributed by atoms with van der Waals surface area (Å²) in [5, 5.41) is 1.47. The molecule has 2 heterocycles. The van der Waals surface area contributed by atoms with Crippen molar-refractivity contribution in [2.24, 2.45) is 5.92 Å². The van der Waals surface area contributed by atoms with Crippen LogP contribution in [0, 0.1) is 5.92 Å². The first kappa shape index (κ1) is 13.9. The predicted molar refractivity (Wildman–Crippen MR) is 84.8 cm³/mol. The summed E-state index contributed by atoms with van der Waals surface area (Å²) in [5.74, 6) is 0.519. The summed E-state index contributed by atoms with van der Waals surface area (Å²) in [6.45, 7) is 6.34. The molecular weight excluding hydrogens is 290 g/mol. The summed E-state index contributed by atoms with van der Waals surface area (Å²) in [4.78, 5) is 8.32. The van der Waals surface area contributed by atoms with Crippen LogP contribution in [0.3, 0.4) is 0 Å². The number of thiazole rings is 1. The van der Waals surface area contributed by atoms with Gasteiger partial charge in [0.15, 0.2) is 5.13 Å². The van der Waals surface area contributed by atoms with Crippen LogP contribution in [-0.2, 0) is 13.1 Å². The lowest BCUT2D eigenvalue weighted by Crippen LogP contribution is -2.26. The van der Waals surface area contributed by atoms with Gasteiger partial charge < -0.3 is 5.73 Å². The second-order valence-corrected chi connectivity index (χ2v) is 7.13. The number of halogens is 1. The van der Waals surface area contributed by atoms with Gasteiger partial charge in [0.2, 0.25) is 0 Å². The normalized spacial score (nSPS) is 18.7. The fraction of sp³-hybridized carbons (Fsp3) is 0.400. The minimum Gasteiger partial charge on any atom is -0.375 e. The Morgan fingerprint density at radius 3 is 2.75 bits per heavy atom. The van der Waals surface area contributed by atoms with E-state index >= 15 is 0 Å². The molecule has 1 aliphatic heterocycles. The lowest BCUT2D eigenvalue weighted by Gasteiger charge is -2.27. The van der Waals surface area contributed by atoms with Crippen LogP contribution >= 0.6 is 22.9 Å². The monoisotopic (exact) mass is 307 g/mol. The lowest BCUT2D eigenvalue weighted by molar-refractivity contribution is 0.161. The van der Waals surface area contributed by atoms with Gasteiger partial charge in [0, 0.05) is 23.0 Å². The van der Waals surface area contributed by atoms with Crippen molar-refractivity contribution in [3.63, 3.8) is 0 Å². The molecule has 20 heavy (non-hydrogen) atoms. The Balaban J connectivity index is 1.83. The molecule has 2 aromatic rings. The van der Waals surface area contributed by atoms with Crippen molar-refractivity contribution >= 4 is 28.1 Å². The Bertz CT molecular complexity index is 606. The van der Waals surface area contributed by atoms with Crippen molar-refractivity contribution < 1.29 is 0 Å². The van der Waals surface area contributed by atoms with E-state index in [2.05, 4.69) is 35.9 Å². The SMILES string of the molecule is CC(C)C1c2nc(N)sc2CN1Cc1ccc(Cl)cc1. The third kappa shape index (κ3) is 2.55. The van der Waals surface area contributed by atoms with E-state index in [9.17, 15) is 0 Å². The third-order valence-corrected chi connectivity index (χ3v) is 4.83. The van der Waals surface area contributed by atoms with Gasteiger partial charge >= 0.3 is 0 Å². The first-order valence-corrected chi connectivity index (χ1v) is 7.97. The van der Waals surface area contributed by atoms with E-state index < -0.39 is 0 Å². The molecule has 0 fully saturated rings. The van der Waals surface area contributed by atoms with Gasteiger partial charge in [0.05, 0.1) is 11.7 Å². The van der Waals surface area contributed by atoms with Crippen molar-refractivity contribution in [1.82, 2.24) is 9.88 Å². The van der Waals surface area contributed by atoms with Gasteiger partial charge in [-0.25, -0.2) is 4.98 Å². The van der Waals surface area contributed by atoms with Crippen molar-refractivity contribution in [2.75, 3.05) is 5.73 Å². The Morgan fingerprint density at radius 2 is 2.10 bits per heavy atom. The molecule has 0 bridgehead atoms. The molecule has 0 spiro atoms. The van der Waals surface area contributed by atoms with Crippen molar-refractivity contribution in [3.05, 3.63) is 45.4 Å². The van der Waals surface area contributed by atoms with E-state index in [1.165, 1.54) is 16.1 Å². The average Bonchev–Trinajstić information content (AvgIpc) is 2.87. The van der Waals surface area contributed by atoms with Crippen molar-refractivity contribution in [2.45, 2.75) is 33.0 Å². The Labute approximate surface area is 128 Å². The largest absolute Gasteiger partial charge is 0.375 e. The summed E-state index contributed by atoms with van der Waals surface area (Å²) in [5.41, 5.74) is 8.30. The highest BCUT2D eigenvalue weighted by atomic mass is 35.5. The summed E-state index contributed by atoms with van der Waals surface area (Å²) in [6.07, 6.45) is 0. The zero-order chi connectivity index (χ0) is 14.3. The van der Waals surface area contributed by atoms with Gasteiger partial charge in [0.25, 0.3) is 0 Å². The van der Waals surface area contributed by atoms with Crippen LogP contribution in [0.15, 0.2) is 24.3 Å². The summed E-state index contributed by atoms with van der Waals surface area (Å²) in [6, 6.07) is 8.43. The molecule has 0 saturated carbocycles. The van der Waals surface area contributed by atoms with Crippen LogP contribution in [0.1, 0.15) is 36.0 Å². The molecule has 3 rings (SSSR count). The summed E-state index contributed by atoms with van der Waals surface area (Å²) < 4.78 is 0. The molecule has 0 aliphatic carbocycles. The number of aromatic nitrogens is 1. The molecular formula is C15H18ClN3S. The van der Waals surface area contributed by atoms with Gasteiger partial charge in [-0.2, -0.15) is 0 Å². The maximum atomic E-state index is 5.94. The lowest BCUT2D eigenvalue weighted by atomic mass is 10.0. The van der Waals surface area contributed by atoms with Crippen LogP contribution in [-0.4, -0.2) is 9.88 Å². The smallest absolute Gasteiger partial charge is 0.180 e. The van der Waals surface area contributed by atoms with Gasteiger partial charge in [0.1, 0.15) is 0 Å². The van der Waals surface area contributed by atoms with E-state index in [0.717, 1.165) is 18.1 Å². The van der Waals surface area contributed by atoms with Crippen LogP contribution in [0.2, 0.25) is 5.02 Å². The molecule has 1 aromatic carbocycles. The Kier molecular flexibility index (Phi) is 3.71. The third-order valence-electron chi connectivity index (χ3n) is 3.69. The van der Waals surface area contributed by atoms with E-state index in [1.807, 2.05) is 12.1 Å². The molecule has 106 valence electrons. The van der Waals surface area contributed by atoms with Gasteiger partial charge in [-0.1, -0.05) is 37.6 Å². The van der Waals surface area contributed by atoms with Crippen LogP contribution < -0.4 is 5.73 Å². The first-order chi connectivity index (χ1) is 9.54. The number of hydrogen-bond donors (Lipinski definition) is 1. The maximum Gasteiger partial charge on any atom is 0.180 e. The molecule has 2 N–H and O–H groups in total. The molecule has 0 amide bonds. The standard InChI is InChI=1S/C15H18ClN3S/c1-9(2)14-13-12(20-15(17)18-13)8-19(14)7-10-3-5-11(16)6-4-10/h3-6,9,14H,7-8H2,1-2H3,(H2,17,18). The molecule has 1 unspecified atom stereocenters. The number of nitrogen functional groups attached to an aromatic ring is 1. The minimum absolute atomic E-state index is 0.356. The van der Waals surface area contributed by atoms with E-state index in [-0.39, 0.29) is 0 Å². The molecule has 1 atom stereocenters. The van der Waals surface area contributed by atoms with Crippen LogP contribution in [0.4, 0.5) is 5.13 Å². The Morgan fingerprint density at radius 1 is 1.40 bits per heavy atom. The first-order valence-electron chi connectivity index (χ1n) is 6.78. The van der Waals surface area contributed by atoms with Gasteiger partial charge in [-0.05, 0) is 23.6 Å². The maximum absolute atomic E-state index is 5.94. The predicted octanol–water partition coefficient (Wildman–Crippen LogP) is 4.09. The minimum atomic E-state index is 0.356. The second kappa shape index (κ2) is 5.35. The number of benzene rings is 1. The summed E-state index contributed by atoms with van der Waals surface area (Å²) >= 11 is 7.56. The Hall–Kier alpha value is -1.10. The molecule has 3 nitrogen and oxygen atoms in total. The van der Waals surface area contributed by atoms with Gasteiger partial charge in [-0.3, -0.25) is 4.90 Å². The average molecular weight is 308 g/mol. The molecule has 1 aliphatic rings. The fourth-order valence-corrected chi connectivity index (χ4v) is 3.92. The van der Waals surface area contributed by atoms with E-state index in [0.29, 0.717) is 17.1 Å². The molecule has 0 saturated heterocycles. The zero-order valence-electron chi connectivity index (χ0n) is 11.6. The zero-order valence-corrected chi connectivity index (χ0v) is 13.2. The van der Waals surface area contributed by atoms with E-state index in [1.54, 1.807) is 11.3 Å². The molecule has 5 heteroatoms. The van der Waals surface area contributed by atoms with Crippen LogP contribution in [0.25, 0.3) is 0 Å². The number of hydrogen-bond acceptors (Lipinski definition) is 4. The number of anilines is 1. The number of nitrogens with two attached hydrogens (primary N) is 1. The van der Waals surface area contributed by atoms with Crippen molar-refractivity contribution in [3.8, 4) is 0 Å². The van der Waals surface area contributed by atoms with Gasteiger partial charge in [-0.15, -0.1) is 11.3 Å². The summed E-state index contributed by atoms with van der Waals surface area (Å²) in [7, 11) is 0. The van der Waals surface area contributed by atoms with Crippen LogP contribution in [0.5, 0.6) is 0 Å². The molecule has 0 radical (unpaired) electrons. The highest BCUT2D eigenvalue weighted by Gasteiger charge is 2.35. The highest BCUT2D eigenvalue weighted by molar-refractivity contribution is 7.15. The van der Waals surface area contributed by atoms with Crippen molar-refractivity contribution in [1.29, 1.82) is 0 Å². The number of fused-ring (bicyclic) bond motifs is 1. The number of nitrogens with zero attached hydrogens (tertiary/aromatic N) is 2. The fourth-order valence-electron chi connectivity index (χ4n) is 2.90. The topological polar surface area (TPSA) is 42.1 Å². The quantitative estimate of drug-likeness (QED) is 0.928. The molecule has 1 aromatic heterocycles.